The van der Waals surface area contributed by atoms with Crippen LogP contribution in [0.2, 0.25) is 5.02 Å². The fraction of sp³-hybridized carbons (Fsp3) is 0.211. The second-order valence-electron chi connectivity index (χ2n) is 5.87. The number of hydrogen-bond donors (Lipinski definition) is 2. The largest absolute Gasteiger partial charge is 0.375 e. The molecule has 1 heterocycles. The van der Waals surface area contributed by atoms with Crippen molar-refractivity contribution < 1.29 is 14.3 Å². The van der Waals surface area contributed by atoms with Gasteiger partial charge in [-0.3, -0.25) is 9.59 Å². The normalized spacial score (nSPS) is 10.7. The standard InChI is InChI=1S/C19H19ClN4O3/c1-27-12-19(26)21-10-17-23-15-7-2-3-8-16(15)24(17)11-18(25)22-14-6-4-5-13(20)9-14/h2-9H,10-12H2,1H3,(H,21,26)(H,22,25). The van der Waals surface area contributed by atoms with Gasteiger partial charge in [0.1, 0.15) is 19.0 Å². The highest BCUT2D eigenvalue weighted by molar-refractivity contribution is 6.30. The molecule has 0 saturated carbocycles. The van der Waals surface area contributed by atoms with Gasteiger partial charge >= 0.3 is 0 Å². The van der Waals surface area contributed by atoms with Crippen molar-refractivity contribution in [3.05, 3.63) is 59.4 Å². The Morgan fingerprint density at radius 2 is 1.96 bits per heavy atom. The second-order valence-corrected chi connectivity index (χ2v) is 6.31. The number of methoxy groups -OCH3 is 1. The zero-order valence-electron chi connectivity index (χ0n) is 14.7. The summed E-state index contributed by atoms with van der Waals surface area (Å²) in [6.45, 7) is 0.222. The maximum atomic E-state index is 12.5. The maximum absolute atomic E-state index is 12.5. The molecule has 0 unspecified atom stereocenters. The fourth-order valence-corrected chi connectivity index (χ4v) is 2.90. The summed E-state index contributed by atoms with van der Waals surface area (Å²) < 4.78 is 6.59. The van der Waals surface area contributed by atoms with Crippen LogP contribution < -0.4 is 10.6 Å². The van der Waals surface area contributed by atoms with Gasteiger partial charge < -0.3 is 19.9 Å². The lowest BCUT2D eigenvalue weighted by Crippen LogP contribution is -2.29. The van der Waals surface area contributed by atoms with Crippen LogP contribution in [-0.4, -0.2) is 35.1 Å². The second kappa shape index (κ2) is 8.66. The smallest absolute Gasteiger partial charge is 0.246 e. The SMILES string of the molecule is COCC(=O)NCc1nc2ccccc2n1CC(=O)Nc1cccc(Cl)c1. The summed E-state index contributed by atoms with van der Waals surface area (Å²) >= 11 is 5.95. The quantitative estimate of drug-likeness (QED) is 0.653. The Labute approximate surface area is 161 Å². The van der Waals surface area contributed by atoms with E-state index in [1.165, 1.54) is 7.11 Å². The predicted octanol–water partition coefficient (Wildman–Crippen LogP) is 2.59. The summed E-state index contributed by atoms with van der Waals surface area (Å²) in [4.78, 5) is 28.7. The molecule has 0 radical (unpaired) electrons. The lowest BCUT2D eigenvalue weighted by atomic mass is 10.3. The predicted molar refractivity (Wildman–Crippen MR) is 104 cm³/mol. The number of rotatable bonds is 7. The zero-order valence-corrected chi connectivity index (χ0v) is 15.5. The minimum Gasteiger partial charge on any atom is -0.375 e. The fourth-order valence-electron chi connectivity index (χ4n) is 2.71. The molecule has 0 saturated heterocycles. The van der Waals surface area contributed by atoms with Crippen LogP contribution in [0.5, 0.6) is 0 Å². The Morgan fingerprint density at radius 3 is 2.74 bits per heavy atom. The van der Waals surface area contributed by atoms with Crippen molar-refractivity contribution in [1.29, 1.82) is 0 Å². The molecule has 0 aliphatic carbocycles. The van der Waals surface area contributed by atoms with Crippen LogP contribution in [-0.2, 0) is 27.4 Å². The van der Waals surface area contributed by atoms with E-state index in [2.05, 4.69) is 15.6 Å². The first-order valence-electron chi connectivity index (χ1n) is 8.32. The lowest BCUT2D eigenvalue weighted by Gasteiger charge is -2.11. The number of nitrogens with one attached hydrogen (secondary N) is 2. The first-order chi connectivity index (χ1) is 13.1. The van der Waals surface area contributed by atoms with E-state index >= 15 is 0 Å². The number of aromatic nitrogens is 2. The van der Waals surface area contributed by atoms with E-state index < -0.39 is 0 Å². The molecule has 140 valence electrons. The Hall–Kier alpha value is -2.90. The van der Waals surface area contributed by atoms with Gasteiger partial charge in [0, 0.05) is 17.8 Å². The average Bonchev–Trinajstić information content (AvgIpc) is 2.98. The number of halogens is 1. The number of carbonyl (C=O) groups is 2. The van der Waals surface area contributed by atoms with Gasteiger partial charge in [0.2, 0.25) is 11.8 Å². The Bertz CT molecular complexity index is 970. The van der Waals surface area contributed by atoms with Gasteiger partial charge in [0.15, 0.2) is 0 Å². The maximum Gasteiger partial charge on any atom is 0.246 e. The number of carbonyl (C=O) groups excluding carboxylic acids is 2. The summed E-state index contributed by atoms with van der Waals surface area (Å²) in [5.74, 6) is 0.117. The minimum absolute atomic E-state index is 0.0323. The Morgan fingerprint density at radius 1 is 1.15 bits per heavy atom. The van der Waals surface area contributed by atoms with Gasteiger partial charge in [-0.15, -0.1) is 0 Å². The molecule has 8 heteroatoms. The van der Waals surface area contributed by atoms with E-state index in [1.807, 2.05) is 24.3 Å². The molecule has 0 bridgehead atoms. The van der Waals surface area contributed by atoms with Crippen LogP contribution in [0.4, 0.5) is 5.69 Å². The zero-order chi connectivity index (χ0) is 19.2. The molecule has 3 rings (SSSR count). The number of ether oxygens (including phenoxy) is 1. The van der Waals surface area contributed by atoms with E-state index in [9.17, 15) is 9.59 Å². The molecular formula is C19H19ClN4O3. The highest BCUT2D eigenvalue weighted by Gasteiger charge is 2.14. The first-order valence-corrected chi connectivity index (χ1v) is 8.70. The topological polar surface area (TPSA) is 85.2 Å². The summed E-state index contributed by atoms with van der Waals surface area (Å²) in [7, 11) is 1.45. The molecule has 2 aromatic carbocycles. The Kier molecular flexibility index (Phi) is 6.05. The van der Waals surface area contributed by atoms with Crippen molar-refractivity contribution in [3.63, 3.8) is 0 Å². The number of benzene rings is 2. The summed E-state index contributed by atoms with van der Waals surface area (Å²) in [5, 5.41) is 6.10. The van der Waals surface area contributed by atoms with Gasteiger partial charge in [-0.2, -0.15) is 0 Å². The molecular weight excluding hydrogens is 368 g/mol. The molecule has 3 aromatic rings. The van der Waals surface area contributed by atoms with Gasteiger partial charge in [-0.05, 0) is 30.3 Å². The van der Waals surface area contributed by atoms with Crippen LogP contribution in [0.15, 0.2) is 48.5 Å². The number of anilines is 1. The van der Waals surface area contributed by atoms with Gasteiger partial charge in [0.25, 0.3) is 0 Å². The number of fused-ring (bicyclic) bond motifs is 1. The molecule has 2 amide bonds. The van der Waals surface area contributed by atoms with Gasteiger partial charge in [0.05, 0.1) is 17.6 Å². The van der Waals surface area contributed by atoms with E-state index in [0.717, 1.165) is 11.0 Å². The van der Waals surface area contributed by atoms with Crippen molar-refractivity contribution >= 4 is 40.1 Å². The molecule has 0 atom stereocenters. The van der Waals surface area contributed by atoms with Crippen LogP contribution in [0.25, 0.3) is 11.0 Å². The monoisotopic (exact) mass is 386 g/mol. The molecule has 2 N–H and O–H groups in total. The van der Waals surface area contributed by atoms with Gasteiger partial charge in [-0.25, -0.2) is 4.98 Å². The summed E-state index contributed by atoms with van der Waals surface area (Å²) in [5.41, 5.74) is 2.19. The van der Waals surface area contributed by atoms with Crippen LogP contribution in [0.3, 0.4) is 0 Å². The third-order valence-electron chi connectivity index (χ3n) is 3.86. The number of amides is 2. The first kappa shape index (κ1) is 18.9. The van der Waals surface area contributed by atoms with Crippen molar-refractivity contribution in [2.75, 3.05) is 19.0 Å². The number of nitrogens with zero attached hydrogens (tertiary/aromatic N) is 2. The highest BCUT2D eigenvalue weighted by Crippen LogP contribution is 2.18. The molecule has 0 aliphatic heterocycles. The minimum atomic E-state index is -0.250. The summed E-state index contributed by atoms with van der Waals surface area (Å²) in [6, 6.07) is 14.4. The van der Waals surface area contributed by atoms with Crippen molar-refractivity contribution in [3.8, 4) is 0 Å². The third-order valence-corrected chi connectivity index (χ3v) is 4.10. The number of imidazole rings is 1. The molecule has 0 spiro atoms. The number of hydrogen-bond acceptors (Lipinski definition) is 4. The van der Waals surface area contributed by atoms with E-state index in [1.54, 1.807) is 28.8 Å². The van der Waals surface area contributed by atoms with E-state index in [0.29, 0.717) is 16.5 Å². The molecule has 0 fully saturated rings. The van der Waals surface area contributed by atoms with Crippen LogP contribution >= 0.6 is 11.6 Å². The molecule has 27 heavy (non-hydrogen) atoms. The third kappa shape index (κ3) is 4.84. The van der Waals surface area contributed by atoms with Crippen molar-refractivity contribution in [1.82, 2.24) is 14.9 Å². The Balaban J connectivity index is 1.80. The van der Waals surface area contributed by atoms with E-state index in [4.69, 9.17) is 16.3 Å². The van der Waals surface area contributed by atoms with Crippen LogP contribution in [0, 0.1) is 0 Å². The van der Waals surface area contributed by atoms with Crippen LogP contribution in [0.1, 0.15) is 5.82 Å². The number of para-hydroxylation sites is 2. The molecule has 0 aliphatic rings. The molecule has 1 aromatic heterocycles. The van der Waals surface area contributed by atoms with Gasteiger partial charge in [-0.1, -0.05) is 29.8 Å². The highest BCUT2D eigenvalue weighted by atomic mass is 35.5. The van der Waals surface area contributed by atoms with E-state index in [-0.39, 0.29) is 31.5 Å². The average molecular weight is 387 g/mol. The van der Waals surface area contributed by atoms with Crippen molar-refractivity contribution in [2.45, 2.75) is 13.1 Å². The lowest BCUT2D eigenvalue weighted by molar-refractivity contribution is -0.124. The van der Waals surface area contributed by atoms with Crippen molar-refractivity contribution in [2.24, 2.45) is 0 Å². The molecule has 7 nitrogen and oxygen atoms in total. The summed E-state index contributed by atoms with van der Waals surface area (Å²) in [6.07, 6.45) is 0.